The topological polar surface area (TPSA) is 38.0 Å². The minimum absolute atomic E-state index is 0.179. The van der Waals surface area contributed by atoms with Crippen LogP contribution in [0.2, 0.25) is 5.02 Å². The van der Waals surface area contributed by atoms with Crippen molar-refractivity contribution in [3.63, 3.8) is 0 Å². The Labute approximate surface area is 131 Å². The lowest BCUT2D eigenvalue weighted by molar-refractivity contribution is 0.547. The highest BCUT2D eigenvalue weighted by Gasteiger charge is 2.16. The Morgan fingerprint density at radius 2 is 2.05 bits per heavy atom. The van der Waals surface area contributed by atoms with Gasteiger partial charge in [0.15, 0.2) is 0 Å². The summed E-state index contributed by atoms with van der Waals surface area (Å²) >= 11 is 9.68. The van der Waals surface area contributed by atoms with Gasteiger partial charge in [-0.2, -0.15) is 0 Å². The number of nitrogens with one attached hydrogen (secondary N) is 1. The monoisotopic (exact) mass is 356 g/mol. The minimum Gasteiger partial charge on any atom is -0.271 e. The van der Waals surface area contributed by atoms with E-state index in [0.29, 0.717) is 11.4 Å². The number of hydrogen-bond acceptors (Lipinski definition) is 2. The fourth-order valence-electron chi connectivity index (χ4n) is 2.09. The highest BCUT2D eigenvalue weighted by Crippen LogP contribution is 2.29. The molecule has 2 aromatic carbocycles. The molecular weight excluding hydrogens is 343 g/mol. The smallest absolute Gasteiger partial charge is 0.123 e. The molecule has 5 heteroatoms. The molecule has 0 heterocycles. The van der Waals surface area contributed by atoms with Crippen molar-refractivity contribution in [3.8, 4) is 0 Å². The quantitative estimate of drug-likeness (QED) is 0.632. The molecule has 3 N–H and O–H groups in total. The predicted octanol–water partition coefficient (Wildman–Crippen LogP) is 4.30. The van der Waals surface area contributed by atoms with Crippen LogP contribution in [0.25, 0.3) is 0 Å². The number of nitrogens with two attached hydrogens (primary N) is 1. The summed E-state index contributed by atoms with van der Waals surface area (Å²) in [4.78, 5) is 0. The van der Waals surface area contributed by atoms with E-state index in [-0.39, 0.29) is 11.9 Å². The molecule has 1 atom stereocenters. The summed E-state index contributed by atoms with van der Waals surface area (Å²) in [5, 5.41) is 0.653. The molecule has 0 aliphatic heterocycles. The summed E-state index contributed by atoms with van der Waals surface area (Å²) in [5.74, 6) is 5.36. The van der Waals surface area contributed by atoms with E-state index in [1.807, 2.05) is 25.1 Å². The fourth-order valence-corrected chi connectivity index (χ4v) is 2.87. The van der Waals surface area contributed by atoms with E-state index in [1.165, 1.54) is 12.1 Å². The highest BCUT2D eigenvalue weighted by atomic mass is 79.9. The van der Waals surface area contributed by atoms with Gasteiger partial charge in [-0.3, -0.25) is 11.3 Å². The van der Waals surface area contributed by atoms with Gasteiger partial charge in [0.05, 0.1) is 6.04 Å². The molecule has 0 saturated heterocycles. The summed E-state index contributed by atoms with van der Waals surface area (Å²) in [6.07, 6.45) is 0.539. The van der Waals surface area contributed by atoms with Crippen LogP contribution in [0.5, 0.6) is 0 Å². The highest BCUT2D eigenvalue weighted by molar-refractivity contribution is 9.10. The normalized spacial score (nSPS) is 12.4. The molecule has 20 heavy (non-hydrogen) atoms. The van der Waals surface area contributed by atoms with Crippen molar-refractivity contribution >= 4 is 27.5 Å². The lowest BCUT2D eigenvalue weighted by Gasteiger charge is -2.19. The van der Waals surface area contributed by atoms with Gasteiger partial charge in [0, 0.05) is 9.50 Å². The third-order valence-corrected chi connectivity index (χ3v) is 4.27. The first-order valence-corrected chi connectivity index (χ1v) is 7.34. The molecule has 0 radical (unpaired) electrons. The second-order valence-electron chi connectivity index (χ2n) is 4.68. The number of halogens is 3. The first-order valence-electron chi connectivity index (χ1n) is 6.17. The van der Waals surface area contributed by atoms with Crippen LogP contribution in [-0.4, -0.2) is 0 Å². The predicted molar refractivity (Wildman–Crippen MR) is 84.1 cm³/mol. The molecule has 1 unspecified atom stereocenters. The molecule has 0 spiro atoms. The number of hydrogen-bond donors (Lipinski definition) is 2. The van der Waals surface area contributed by atoms with E-state index < -0.39 is 0 Å². The zero-order chi connectivity index (χ0) is 14.7. The van der Waals surface area contributed by atoms with Crippen molar-refractivity contribution in [2.45, 2.75) is 19.4 Å². The van der Waals surface area contributed by atoms with Crippen molar-refractivity contribution in [2.24, 2.45) is 5.84 Å². The maximum absolute atomic E-state index is 13.3. The Bertz CT molecular complexity index is 619. The first-order chi connectivity index (χ1) is 9.51. The molecule has 2 nitrogen and oxygen atoms in total. The van der Waals surface area contributed by atoms with Crippen LogP contribution in [0.15, 0.2) is 40.9 Å². The maximum Gasteiger partial charge on any atom is 0.123 e. The van der Waals surface area contributed by atoms with Crippen LogP contribution in [-0.2, 0) is 6.42 Å². The maximum atomic E-state index is 13.3. The Morgan fingerprint density at radius 1 is 1.30 bits per heavy atom. The Hall–Kier alpha value is -0.940. The SMILES string of the molecule is Cc1ccc(C(Cc2cc(F)ccc2Br)NN)c(Cl)c1. The summed E-state index contributed by atoms with van der Waals surface area (Å²) in [5.41, 5.74) is 5.57. The van der Waals surface area contributed by atoms with Gasteiger partial charge in [-0.25, -0.2) is 4.39 Å². The van der Waals surface area contributed by atoms with E-state index in [9.17, 15) is 4.39 Å². The Balaban J connectivity index is 2.31. The van der Waals surface area contributed by atoms with Gasteiger partial charge >= 0.3 is 0 Å². The summed E-state index contributed by atoms with van der Waals surface area (Å²) in [6, 6.07) is 10.2. The molecule has 2 rings (SSSR count). The van der Waals surface area contributed by atoms with Crippen molar-refractivity contribution in [1.29, 1.82) is 0 Å². The van der Waals surface area contributed by atoms with Crippen LogP contribution in [0, 0.1) is 12.7 Å². The van der Waals surface area contributed by atoms with Crippen LogP contribution in [0.3, 0.4) is 0 Å². The molecule has 0 amide bonds. The van der Waals surface area contributed by atoms with E-state index in [4.69, 9.17) is 17.4 Å². The number of hydrazine groups is 1. The molecular formula is C15H15BrClFN2. The van der Waals surface area contributed by atoms with Crippen molar-refractivity contribution in [1.82, 2.24) is 5.43 Å². The number of rotatable bonds is 4. The van der Waals surface area contributed by atoms with E-state index in [0.717, 1.165) is 21.2 Å². The van der Waals surface area contributed by atoms with Crippen molar-refractivity contribution in [2.75, 3.05) is 0 Å². The van der Waals surface area contributed by atoms with Gasteiger partial charge in [0.1, 0.15) is 5.82 Å². The molecule has 0 aliphatic carbocycles. The van der Waals surface area contributed by atoms with Crippen LogP contribution in [0.4, 0.5) is 4.39 Å². The van der Waals surface area contributed by atoms with Crippen molar-refractivity contribution < 1.29 is 4.39 Å². The molecule has 0 saturated carbocycles. The molecule has 0 bridgehead atoms. The number of benzene rings is 2. The van der Waals surface area contributed by atoms with Gasteiger partial charge in [0.2, 0.25) is 0 Å². The van der Waals surface area contributed by atoms with Gasteiger partial charge < -0.3 is 0 Å². The second-order valence-corrected chi connectivity index (χ2v) is 5.95. The van der Waals surface area contributed by atoms with Gasteiger partial charge in [-0.1, -0.05) is 39.7 Å². The van der Waals surface area contributed by atoms with E-state index >= 15 is 0 Å². The Kier molecular flexibility index (Phi) is 5.16. The molecule has 0 aliphatic rings. The van der Waals surface area contributed by atoms with Gasteiger partial charge in [-0.05, 0) is 54.3 Å². The lowest BCUT2D eigenvalue weighted by atomic mass is 9.98. The van der Waals surface area contributed by atoms with Gasteiger partial charge in [0.25, 0.3) is 0 Å². The van der Waals surface area contributed by atoms with Gasteiger partial charge in [-0.15, -0.1) is 0 Å². The average molecular weight is 358 g/mol. The molecule has 106 valence electrons. The second kappa shape index (κ2) is 6.68. The van der Waals surface area contributed by atoms with Crippen LogP contribution in [0.1, 0.15) is 22.7 Å². The van der Waals surface area contributed by atoms with E-state index in [1.54, 1.807) is 6.07 Å². The standard InChI is InChI=1S/C15H15BrClFN2/c1-9-2-4-12(14(17)6-9)15(20-19)8-10-7-11(18)3-5-13(10)16/h2-7,15,20H,8,19H2,1H3. The summed E-state index contributed by atoms with van der Waals surface area (Å²) < 4.78 is 14.2. The zero-order valence-electron chi connectivity index (χ0n) is 11.0. The largest absolute Gasteiger partial charge is 0.271 e. The molecule has 2 aromatic rings. The molecule has 0 fully saturated rings. The third kappa shape index (κ3) is 3.58. The number of aryl methyl sites for hydroxylation is 1. The Morgan fingerprint density at radius 3 is 2.70 bits per heavy atom. The lowest BCUT2D eigenvalue weighted by Crippen LogP contribution is -2.30. The van der Waals surface area contributed by atoms with Crippen LogP contribution < -0.4 is 11.3 Å². The summed E-state index contributed by atoms with van der Waals surface area (Å²) in [7, 11) is 0. The third-order valence-electron chi connectivity index (χ3n) is 3.16. The van der Waals surface area contributed by atoms with Crippen LogP contribution >= 0.6 is 27.5 Å². The summed E-state index contributed by atoms with van der Waals surface area (Å²) in [6.45, 7) is 1.98. The molecule has 0 aromatic heterocycles. The average Bonchev–Trinajstić information content (AvgIpc) is 2.40. The minimum atomic E-state index is -0.269. The first kappa shape index (κ1) is 15.4. The van der Waals surface area contributed by atoms with Crippen molar-refractivity contribution in [3.05, 3.63) is 68.4 Å². The fraction of sp³-hybridized carbons (Fsp3) is 0.200. The zero-order valence-corrected chi connectivity index (χ0v) is 13.3. The van der Waals surface area contributed by atoms with E-state index in [2.05, 4.69) is 21.4 Å².